The summed E-state index contributed by atoms with van der Waals surface area (Å²) in [4.78, 5) is 28.1. The number of furan rings is 1. The number of nitrogens with zero attached hydrogens (tertiary/aromatic N) is 4. The van der Waals surface area contributed by atoms with Gasteiger partial charge in [0, 0.05) is 25.6 Å². The number of piperidine rings is 1. The van der Waals surface area contributed by atoms with Crippen LogP contribution in [0.3, 0.4) is 0 Å². The van der Waals surface area contributed by atoms with Gasteiger partial charge in [-0.3, -0.25) is 4.79 Å². The maximum Gasteiger partial charge on any atom is 0.490 e. The number of aromatic nitrogens is 3. The van der Waals surface area contributed by atoms with E-state index in [2.05, 4.69) is 17.4 Å². The summed E-state index contributed by atoms with van der Waals surface area (Å²) in [6.45, 7) is 2.13. The molecule has 4 heterocycles. The Morgan fingerprint density at radius 3 is 2.57 bits per heavy atom. The van der Waals surface area contributed by atoms with Crippen LogP contribution < -0.4 is 5.32 Å². The zero-order valence-corrected chi connectivity index (χ0v) is 19.6. The van der Waals surface area contributed by atoms with Gasteiger partial charge in [0.05, 0.1) is 23.7 Å². The zero-order valence-electron chi connectivity index (χ0n) is 19.6. The molecule has 1 amide bonds. The number of carbonyl (C=O) groups excluding carboxylic acids is 1. The molecule has 2 N–H and O–H groups in total. The highest BCUT2D eigenvalue weighted by molar-refractivity contribution is 5.93. The fourth-order valence-electron chi connectivity index (χ4n) is 3.92. The van der Waals surface area contributed by atoms with Gasteiger partial charge in [-0.05, 0) is 36.6 Å². The van der Waals surface area contributed by atoms with E-state index in [-0.39, 0.29) is 11.8 Å². The molecule has 1 fully saturated rings. The number of rotatable bonds is 5. The van der Waals surface area contributed by atoms with E-state index in [0.717, 1.165) is 43.1 Å². The highest BCUT2D eigenvalue weighted by Gasteiger charge is 2.38. The molecule has 1 aromatic carbocycles. The van der Waals surface area contributed by atoms with Crippen molar-refractivity contribution in [1.29, 1.82) is 0 Å². The van der Waals surface area contributed by atoms with Gasteiger partial charge < -0.3 is 19.7 Å². The van der Waals surface area contributed by atoms with Crippen molar-refractivity contribution >= 4 is 23.2 Å². The molecule has 194 valence electrons. The lowest BCUT2D eigenvalue weighted by atomic mass is 9.97. The van der Waals surface area contributed by atoms with Gasteiger partial charge in [-0.15, -0.1) is 0 Å². The van der Waals surface area contributed by atoms with Gasteiger partial charge in [0.15, 0.2) is 11.5 Å². The van der Waals surface area contributed by atoms with E-state index in [1.54, 1.807) is 6.07 Å². The summed E-state index contributed by atoms with van der Waals surface area (Å²) in [7, 11) is 0. The summed E-state index contributed by atoms with van der Waals surface area (Å²) >= 11 is 0. The Morgan fingerprint density at radius 2 is 1.89 bits per heavy atom. The fraction of sp³-hybridized carbons (Fsp3) is 0.280. The van der Waals surface area contributed by atoms with Gasteiger partial charge in [-0.25, -0.2) is 14.3 Å². The molecule has 5 rings (SSSR count). The molecule has 1 saturated heterocycles. The lowest BCUT2D eigenvalue weighted by molar-refractivity contribution is -0.192. The maximum absolute atomic E-state index is 12.7. The number of anilines is 1. The van der Waals surface area contributed by atoms with Crippen molar-refractivity contribution in [3.05, 3.63) is 84.2 Å². The van der Waals surface area contributed by atoms with Crippen LogP contribution in [0.25, 0.3) is 5.65 Å². The number of pyridine rings is 1. The molecule has 0 bridgehead atoms. The molecule has 1 aliphatic rings. The topological polar surface area (TPSA) is 113 Å². The molecule has 4 aromatic rings. The number of fused-ring (bicyclic) bond motifs is 1. The van der Waals surface area contributed by atoms with Gasteiger partial charge in [0.2, 0.25) is 0 Å². The molecule has 12 heteroatoms. The molecule has 0 radical (unpaired) electrons. The predicted molar refractivity (Wildman–Crippen MR) is 127 cm³/mol. The molecule has 0 aliphatic carbocycles. The summed E-state index contributed by atoms with van der Waals surface area (Å²) in [6.07, 6.45) is 1.83. The molecule has 1 atom stereocenters. The van der Waals surface area contributed by atoms with Gasteiger partial charge in [-0.2, -0.15) is 18.3 Å². The van der Waals surface area contributed by atoms with Crippen LogP contribution in [0.15, 0.2) is 71.7 Å². The van der Waals surface area contributed by atoms with Gasteiger partial charge in [0.1, 0.15) is 6.26 Å². The number of hydrogen-bond donors (Lipinski definition) is 2. The van der Waals surface area contributed by atoms with Gasteiger partial charge in [-0.1, -0.05) is 30.3 Å². The SMILES string of the molecule is O=C(O)C(F)(F)F.O=C(c1ccoc1)N1CCCC(c2nc3ccc(NCc4ccccc4)cn3n2)C1. The maximum atomic E-state index is 12.7. The average molecular weight is 515 g/mol. The standard InChI is InChI=1S/C23H23N5O2.C2HF3O2/c29-23(19-10-12-30-16-19)27-11-4-7-18(14-27)22-25-21-9-8-20(15-28(21)26-22)24-13-17-5-2-1-3-6-17;3-2(4,5)1(6)7/h1-3,5-6,8-10,12,15-16,18,24H,4,7,11,13-14H2;(H,6,7). The molecule has 9 nitrogen and oxygen atoms in total. The number of alkyl halides is 3. The molecular formula is C25H24F3N5O4. The van der Waals surface area contributed by atoms with Crippen molar-refractivity contribution in [2.45, 2.75) is 31.5 Å². The highest BCUT2D eigenvalue weighted by atomic mass is 19.4. The number of amides is 1. The number of hydrogen-bond acceptors (Lipinski definition) is 6. The van der Waals surface area contributed by atoms with Crippen molar-refractivity contribution in [1.82, 2.24) is 19.5 Å². The van der Waals surface area contributed by atoms with E-state index in [1.807, 2.05) is 45.9 Å². The van der Waals surface area contributed by atoms with E-state index in [1.165, 1.54) is 18.1 Å². The fourth-order valence-corrected chi connectivity index (χ4v) is 3.92. The number of carbonyl (C=O) groups is 2. The Kier molecular flexibility index (Phi) is 7.75. The third-order valence-electron chi connectivity index (χ3n) is 5.77. The zero-order chi connectivity index (χ0) is 26.4. The largest absolute Gasteiger partial charge is 0.490 e. The lowest BCUT2D eigenvalue weighted by Crippen LogP contribution is -2.39. The second-order valence-corrected chi connectivity index (χ2v) is 8.43. The minimum Gasteiger partial charge on any atom is -0.475 e. The second-order valence-electron chi connectivity index (χ2n) is 8.43. The Labute approximate surface area is 209 Å². The van der Waals surface area contributed by atoms with E-state index in [9.17, 15) is 18.0 Å². The molecule has 1 unspecified atom stereocenters. The van der Waals surface area contributed by atoms with Crippen molar-refractivity contribution in [2.24, 2.45) is 0 Å². The minimum absolute atomic E-state index is 0.00427. The number of aliphatic carboxylic acids is 1. The first-order valence-electron chi connectivity index (χ1n) is 11.5. The smallest absolute Gasteiger partial charge is 0.475 e. The first kappa shape index (κ1) is 25.7. The van der Waals surface area contributed by atoms with Crippen LogP contribution in [0.2, 0.25) is 0 Å². The van der Waals surface area contributed by atoms with E-state index in [0.29, 0.717) is 12.1 Å². The molecule has 0 saturated carbocycles. The molecule has 0 spiro atoms. The molecule has 37 heavy (non-hydrogen) atoms. The summed E-state index contributed by atoms with van der Waals surface area (Å²) in [6, 6.07) is 16.0. The summed E-state index contributed by atoms with van der Waals surface area (Å²) < 4.78 is 38.6. The Bertz CT molecular complexity index is 1340. The van der Waals surface area contributed by atoms with E-state index in [4.69, 9.17) is 24.4 Å². The summed E-state index contributed by atoms with van der Waals surface area (Å²) in [5, 5.41) is 15.3. The quantitative estimate of drug-likeness (QED) is 0.400. The number of carboxylic acid groups (broad SMARTS) is 1. The van der Waals surface area contributed by atoms with Crippen LogP contribution in [0.5, 0.6) is 0 Å². The van der Waals surface area contributed by atoms with Crippen molar-refractivity contribution in [2.75, 3.05) is 18.4 Å². The minimum atomic E-state index is -5.08. The van der Waals surface area contributed by atoms with Crippen LogP contribution >= 0.6 is 0 Å². The van der Waals surface area contributed by atoms with Crippen LogP contribution in [0.1, 0.15) is 40.5 Å². The average Bonchev–Trinajstić information content (AvgIpc) is 3.58. The van der Waals surface area contributed by atoms with Crippen LogP contribution in [0.4, 0.5) is 18.9 Å². The van der Waals surface area contributed by atoms with E-state index < -0.39 is 12.1 Å². The molecular weight excluding hydrogens is 491 g/mol. The van der Waals surface area contributed by atoms with Crippen molar-refractivity contribution < 1.29 is 32.3 Å². The monoisotopic (exact) mass is 515 g/mol. The van der Waals surface area contributed by atoms with Crippen LogP contribution in [0, 0.1) is 0 Å². The summed E-state index contributed by atoms with van der Waals surface area (Å²) in [5.41, 5.74) is 3.62. The summed E-state index contributed by atoms with van der Waals surface area (Å²) in [5.74, 6) is -1.83. The number of nitrogens with one attached hydrogen (secondary N) is 1. The normalized spacial score (nSPS) is 15.6. The predicted octanol–water partition coefficient (Wildman–Crippen LogP) is 4.59. The number of carboxylic acids is 1. The van der Waals surface area contributed by atoms with Crippen molar-refractivity contribution in [3.8, 4) is 0 Å². The number of benzene rings is 1. The van der Waals surface area contributed by atoms with Gasteiger partial charge in [0.25, 0.3) is 5.91 Å². The first-order valence-corrected chi connectivity index (χ1v) is 11.5. The van der Waals surface area contributed by atoms with Crippen LogP contribution in [-0.2, 0) is 11.3 Å². The van der Waals surface area contributed by atoms with E-state index >= 15 is 0 Å². The third-order valence-corrected chi connectivity index (χ3v) is 5.77. The van der Waals surface area contributed by atoms with Gasteiger partial charge >= 0.3 is 12.1 Å². The van der Waals surface area contributed by atoms with Crippen LogP contribution in [-0.4, -0.2) is 55.7 Å². The third kappa shape index (κ3) is 6.66. The Balaban J connectivity index is 0.000000405. The van der Waals surface area contributed by atoms with Crippen molar-refractivity contribution in [3.63, 3.8) is 0 Å². The number of halogens is 3. The molecule has 3 aromatic heterocycles. The lowest BCUT2D eigenvalue weighted by Gasteiger charge is -2.31. The Morgan fingerprint density at radius 1 is 1.14 bits per heavy atom. The second kappa shape index (κ2) is 11.1. The highest BCUT2D eigenvalue weighted by Crippen LogP contribution is 2.26. The molecule has 1 aliphatic heterocycles. The number of likely N-dealkylation sites (tertiary alicyclic amines) is 1. The first-order chi connectivity index (χ1) is 17.7. The Hall–Kier alpha value is -4.35.